The van der Waals surface area contributed by atoms with Gasteiger partial charge in [-0.1, -0.05) is 11.6 Å². The highest BCUT2D eigenvalue weighted by Gasteiger charge is 2.08. The number of methoxy groups -OCH3 is 1. The van der Waals surface area contributed by atoms with E-state index in [0.29, 0.717) is 10.8 Å². The van der Waals surface area contributed by atoms with Crippen LogP contribution >= 0.6 is 23.2 Å². The van der Waals surface area contributed by atoms with E-state index in [2.05, 4.69) is 15.0 Å². The Morgan fingerprint density at radius 2 is 1.78 bits per heavy atom. The van der Waals surface area contributed by atoms with Gasteiger partial charge in [0.1, 0.15) is 5.75 Å². The van der Waals surface area contributed by atoms with Gasteiger partial charge in [0.05, 0.1) is 7.11 Å². The lowest BCUT2D eigenvalue weighted by Crippen LogP contribution is -1.98. The van der Waals surface area contributed by atoms with E-state index in [4.69, 9.17) is 32.7 Å². The van der Waals surface area contributed by atoms with E-state index in [1.807, 2.05) is 6.92 Å². The van der Waals surface area contributed by atoms with Gasteiger partial charge in [0.25, 0.3) is 0 Å². The molecule has 2 rings (SSSR count). The van der Waals surface area contributed by atoms with Crippen LogP contribution in [0, 0.1) is 6.92 Å². The first kappa shape index (κ1) is 12.9. The average molecular weight is 286 g/mol. The number of halogens is 2. The fraction of sp³-hybridized carbons (Fsp3) is 0.182. The second-order valence-electron chi connectivity index (χ2n) is 3.39. The Morgan fingerprint density at radius 1 is 1.06 bits per heavy atom. The van der Waals surface area contributed by atoms with Crippen molar-refractivity contribution in [2.75, 3.05) is 7.11 Å². The highest BCUT2D eigenvalue weighted by molar-refractivity contribution is 6.31. The van der Waals surface area contributed by atoms with Crippen molar-refractivity contribution in [1.29, 1.82) is 0 Å². The summed E-state index contributed by atoms with van der Waals surface area (Å²) in [6.07, 6.45) is 0. The van der Waals surface area contributed by atoms with Gasteiger partial charge in [-0.3, -0.25) is 0 Å². The van der Waals surface area contributed by atoms with Gasteiger partial charge in [-0.25, -0.2) is 0 Å². The van der Waals surface area contributed by atoms with Crippen molar-refractivity contribution in [3.63, 3.8) is 0 Å². The molecule has 1 heterocycles. The minimum Gasteiger partial charge on any atom is -0.467 e. The first-order valence-corrected chi connectivity index (χ1v) is 5.73. The summed E-state index contributed by atoms with van der Waals surface area (Å²) in [5.74, 6) is 0.557. The molecule has 0 fully saturated rings. The molecular formula is C11H9Cl2N3O2. The third-order valence-corrected chi connectivity index (χ3v) is 2.68. The van der Waals surface area contributed by atoms with Crippen molar-refractivity contribution >= 4 is 23.2 Å². The smallest absolute Gasteiger partial charge is 0.329 e. The molecule has 0 aliphatic heterocycles. The number of aryl methyl sites for hydroxylation is 1. The number of aromatic nitrogens is 3. The van der Waals surface area contributed by atoms with Crippen molar-refractivity contribution in [2.45, 2.75) is 6.92 Å². The molecule has 0 N–H and O–H groups in total. The Balaban J connectivity index is 2.27. The average Bonchev–Trinajstić information content (AvgIpc) is 2.33. The summed E-state index contributed by atoms with van der Waals surface area (Å²) in [6.45, 7) is 1.87. The third kappa shape index (κ3) is 3.00. The zero-order valence-electron chi connectivity index (χ0n) is 9.65. The topological polar surface area (TPSA) is 57.1 Å². The molecule has 0 bridgehead atoms. The normalized spacial score (nSPS) is 10.2. The monoisotopic (exact) mass is 285 g/mol. The number of hydrogen-bond acceptors (Lipinski definition) is 5. The third-order valence-electron chi connectivity index (χ3n) is 2.09. The van der Waals surface area contributed by atoms with Crippen LogP contribution in [0.1, 0.15) is 5.56 Å². The van der Waals surface area contributed by atoms with Gasteiger partial charge in [-0.15, -0.1) is 4.98 Å². The maximum Gasteiger partial charge on any atom is 0.329 e. The van der Waals surface area contributed by atoms with Crippen molar-refractivity contribution in [3.8, 4) is 17.8 Å². The van der Waals surface area contributed by atoms with E-state index < -0.39 is 0 Å². The molecule has 0 spiro atoms. The lowest BCUT2D eigenvalue weighted by Gasteiger charge is -2.06. The molecule has 0 amide bonds. The van der Waals surface area contributed by atoms with Crippen LogP contribution in [0.5, 0.6) is 17.8 Å². The fourth-order valence-corrected chi connectivity index (χ4v) is 1.50. The number of nitrogens with zero attached hydrogens (tertiary/aromatic N) is 3. The second kappa shape index (κ2) is 5.37. The Kier molecular flexibility index (Phi) is 3.84. The fourth-order valence-electron chi connectivity index (χ4n) is 1.24. The Morgan fingerprint density at radius 3 is 2.44 bits per heavy atom. The minimum atomic E-state index is 0.00235. The molecule has 1 aromatic carbocycles. The summed E-state index contributed by atoms with van der Waals surface area (Å²) in [7, 11) is 1.43. The van der Waals surface area contributed by atoms with Gasteiger partial charge in [0.15, 0.2) is 0 Å². The Labute approximate surface area is 114 Å². The van der Waals surface area contributed by atoms with Crippen molar-refractivity contribution in [1.82, 2.24) is 15.0 Å². The van der Waals surface area contributed by atoms with Crippen LogP contribution in [0.25, 0.3) is 0 Å². The number of hydrogen-bond donors (Lipinski definition) is 0. The van der Waals surface area contributed by atoms with Crippen LogP contribution in [-0.4, -0.2) is 22.1 Å². The molecule has 0 aliphatic rings. The van der Waals surface area contributed by atoms with E-state index in [-0.39, 0.29) is 17.3 Å². The molecule has 0 unspecified atom stereocenters. The molecule has 0 aliphatic carbocycles. The van der Waals surface area contributed by atoms with Crippen LogP contribution in [0.3, 0.4) is 0 Å². The molecule has 7 heteroatoms. The van der Waals surface area contributed by atoms with Crippen LogP contribution in [0.4, 0.5) is 0 Å². The molecule has 18 heavy (non-hydrogen) atoms. The van der Waals surface area contributed by atoms with Crippen LogP contribution < -0.4 is 9.47 Å². The van der Waals surface area contributed by atoms with Gasteiger partial charge >= 0.3 is 12.0 Å². The van der Waals surface area contributed by atoms with E-state index in [1.54, 1.807) is 18.2 Å². The van der Waals surface area contributed by atoms with Crippen molar-refractivity contribution in [2.24, 2.45) is 0 Å². The Hall–Kier alpha value is -1.59. The highest BCUT2D eigenvalue weighted by atomic mass is 35.5. The van der Waals surface area contributed by atoms with Gasteiger partial charge in [-0.2, -0.15) is 9.97 Å². The standard InChI is InChI=1S/C11H9Cl2N3O2/c1-6-5-7(3-4-8(6)12)18-11-15-9(13)14-10(16-11)17-2/h3-5H,1-2H3. The predicted molar refractivity (Wildman–Crippen MR) is 67.7 cm³/mol. The molecule has 0 atom stereocenters. The van der Waals surface area contributed by atoms with Crippen molar-refractivity contribution < 1.29 is 9.47 Å². The van der Waals surface area contributed by atoms with E-state index in [0.717, 1.165) is 5.56 Å². The number of rotatable bonds is 3. The molecule has 1 aromatic heterocycles. The quantitative estimate of drug-likeness (QED) is 0.866. The molecular weight excluding hydrogens is 277 g/mol. The van der Waals surface area contributed by atoms with Crippen LogP contribution in [-0.2, 0) is 0 Å². The maximum atomic E-state index is 5.92. The lowest BCUT2D eigenvalue weighted by atomic mass is 10.2. The van der Waals surface area contributed by atoms with Gasteiger partial charge < -0.3 is 9.47 Å². The molecule has 2 aromatic rings. The zero-order valence-corrected chi connectivity index (χ0v) is 11.2. The summed E-state index contributed by atoms with van der Waals surface area (Å²) in [5.41, 5.74) is 0.890. The molecule has 0 radical (unpaired) electrons. The van der Waals surface area contributed by atoms with Crippen molar-refractivity contribution in [3.05, 3.63) is 34.1 Å². The van der Waals surface area contributed by atoms with Crippen LogP contribution in [0.2, 0.25) is 10.3 Å². The summed E-state index contributed by atoms with van der Waals surface area (Å²) in [6, 6.07) is 5.36. The SMILES string of the molecule is COc1nc(Cl)nc(Oc2ccc(Cl)c(C)c2)n1. The van der Waals surface area contributed by atoms with Gasteiger partial charge in [0.2, 0.25) is 5.28 Å². The zero-order chi connectivity index (χ0) is 13.1. The summed E-state index contributed by atoms with van der Waals surface area (Å²) in [4.78, 5) is 11.5. The Bertz CT molecular complexity index is 578. The summed E-state index contributed by atoms with van der Waals surface area (Å²) in [5, 5.41) is 0.663. The van der Waals surface area contributed by atoms with Gasteiger partial charge in [-0.05, 0) is 42.3 Å². The molecule has 94 valence electrons. The van der Waals surface area contributed by atoms with E-state index in [1.165, 1.54) is 7.11 Å². The maximum absolute atomic E-state index is 5.92. The second-order valence-corrected chi connectivity index (χ2v) is 4.13. The first-order valence-electron chi connectivity index (χ1n) is 4.98. The van der Waals surface area contributed by atoms with Gasteiger partial charge in [0, 0.05) is 5.02 Å². The molecule has 5 nitrogen and oxygen atoms in total. The largest absolute Gasteiger partial charge is 0.467 e. The summed E-state index contributed by atoms with van der Waals surface area (Å²) >= 11 is 11.6. The lowest BCUT2D eigenvalue weighted by molar-refractivity contribution is 0.359. The summed E-state index contributed by atoms with van der Waals surface area (Å²) < 4.78 is 10.3. The molecule has 0 saturated heterocycles. The first-order chi connectivity index (χ1) is 8.58. The van der Waals surface area contributed by atoms with Crippen LogP contribution in [0.15, 0.2) is 18.2 Å². The minimum absolute atomic E-state index is 0.00235. The van der Waals surface area contributed by atoms with E-state index >= 15 is 0 Å². The number of ether oxygens (including phenoxy) is 2. The highest BCUT2D eigenvalue weighted by Crippen LogP contribution is 2.25. The predicted octanol–water partition coefficient (Wildman–Crippen LogP) is 3.29. The van der Waals surface area contributed by atoms with E-state index in [9.17, 15) is 0 Å². The molecule has 0 saturated carbocycles. The number of benzene rings is 1.